The van der Waals surface area contributed by atoms with Crippen LogP contribution in [0.4, 0.5) is 0 Å². The second kappa shape index (κ2) is 4.14. The number of benzene rings is 1. The SMILES string of the molecule is O=CC12CCCCC1=C(c1ccccc1)CC2. The number of rotatable bonds is 2. The van der Waals surface area contributed by atoms with E-state index in [1.165, 1.54) is 35.8 Å². The molecule has 1 unspecified atom stereocenters. The van der Waals surface area contributed by atoms with Gasteiger partial charge >= 0.3 is 0 Å². The topological polar surface area (TPSA) is 17.1 Å². The minimum atomic E-state index is -0.0938. The van der Waals surface area contributed by atoms with E-state index in [2.05, 4.69) is 30.3 Å². The second-order valence-corrected chi connectivity index (χ2v) is 5.30. The fourth-order valence-corrected chi connectivity index (χ4v) is 3.52. The first-order valence-electron chi connectivity index (χ1n) is 6.60. The van der Waals surface area contributed by atoms with Crippen molar-refractivity contribution in [2.24, 2.45) is 5.41 Å². The van der Waals surface area contributed by atoms with E-state index in [0.29, 0.717) is 0 Å². The summed E-state index contributed by atoms with van der Waals surface area (Å²) in [4.78, 5) is 11.5. The minimum absolute atomic E-state index is 0.0938. The fraction of sp³-hybridized carbons (Fsp3) is 0.438. The first-order valence-corrected chi connectivity index (χ1v) is 6.60. The number of hydrogen-bond acceptors (Lipinski definition) is 1. The molecule has 1 aromatic carbocycles. The van der Waals surface area contributed by atoms with E-state index in [1.54, 1.807) is 0 Å². The van der Waals surface area contributed by atoms with E-state index in [4.69, 9.17) is 0 Å². The number of carbonyl (C=O) groups is 1. The van der Waals surface area contributed by atoms with E-state index >= 15 is 0 Å². The van der Waals surface area contributed by atoms with Crippen molar-refractivity contribution in [3.05, 3.63) is 41.5 Å². The molecule has 0 saturated heterocycles. The summed E-state index contributed by atoms with van der Waals surface area (Å²) >= 11 is 0. The van der Waals surface area contributed by atoms with Crippen LogP contribution in [0.2, 0.25) is 0 Å². The quantitative estimate of drug-likeness (QED) is 0.697. The van der Waals surface area contributed by atoms with E-state index in [9.17, 15) is 4.79 Å². The predicted octanol–water partition coefficient (Wildman–Crippen LogP) is 3.99. The van der Waals surface area contributed by atoms with E-state index < -0.39 is 0 Å². The maximum Gasteiger partial charge on any atom is 0.130 e. The highest BCUT2D eigenvalue weighted by Gasteiger charge is 2.41. The van der Waals surface area contributed by atoms with Crippen LogP contribution in [0.1, 0.15) is 44.1 Å². The Kier molecular flexibility index (Phi) is 2.62. The van der Waals surface area contributed by atoms with Gasteiger partial charge in [-0.25, -0.2) is 0 Å². The first-order chi connectivity index (χ1) is 8.36. The molecule has 1 saturated carbocycles. The largest absolute Gasteiger partial charge is 0.302 e. The third-order valence-electron chi connectivity index (χ3n) is 4.43. The van der Waals surface area contributed by atoms with Crippen LogP contribution in [-0.4, -0.2) is 6.29 Å². The molecule has 1 atom stereocenters. The average molecular weight is 226 g/mol. The summed E-state index contributed by atoms with van der Waals surface area (Å²) in [6.45, 7) is 0. The third-order valence-corrected chi connectivity index (χ3v) is 4.43. The third kappa shape index (κ3) is 1.65. The van der Waals surface area contributed by atoms with Gasteiger partial charge in [0.1, 0.15) is 6.29 Å². The molecule has 0 spiro atoms. The number of fused-ring (bicyclic) bond motifs is 1. The molecule has 0 aliphatic heterocycles. The molecule has 0 amide bonds. The highest BCUT2D eigenvalue weighted by Crippen LogP contribution is 2.52. The second-order valence-electron chi connectivity index (χ2n) is 5.30. The van der Waals surface area contributed by atoms with Gasteiger partial charge in [0, 0.05) is 5.41 Å². The first kappa shape index (κ1) is 10.8. The lowest BCUT2D eigenvalue weighted by atomic mass is 9.72. The number of allylic oxidation sites excluding steroid dienone is 2. The molecule has 88 valence electrons. The Bertz CT molecular complexity index is 458. The molecule has 2 aliphatic carbocycles. The van der Waals surface area contributed by atoms with Gasteiger partial charge < -0.3 is 4.79 Å². The van der Waals surface area contributed by atoms with Crippen LogP contribution >= 0.6 is 0 Å². The van der Waals surface area contributed by atoms with Gasteiger partial charge in [0.15, 0.2) is 0 Å². The van der Waals surface area contributed by atoms with Gasteiger partial charge in [-0.2, -0.15) is 0 Å². The van der Waals surface area contributed by atoms with Gasteiger partial charge in [-0.15, -0.1) is 0 Å². The Morgan fingerprint density at radius 1 is 1.00 bits per heavy atom. The van der Waals surface area contributed by atoms with Crippen LogP contribution in [0.15, 0.2) is 35.9 Å². The van der Waals surface area contributed by atoms with Crippen molar-refractivity contribution in [3.8, 4) is 0 Å². The fourth-order valence-electron chi connectivity index (χ4n) is 3.52. The molecule has 0 bridgehead atoms. The molecule has 0 aromatic heterocycles. The summed E-state index contributed by atoms with van der Waals surface area (Å²) in [6, 6.07) is 10.6. The Hall–Kier alpha value is -1.37. The summed E-state index contributed by atoms with van der Waals surface area (Å²) in [7, 11) is 0. The Balaban J connectivity index is 2.07. The predicted molar refractivity (Wildman–Crippen MR) is 69.6 cm³/mol. The van der Waals surface area contributed by atoms with Gasteiger partial charge in [-0.3, -0.25) is 0 Å². The van der Waals surface area contributed by atoms with E-state index in [1.807, 2.05) is 0 Å². The van der Waals surface area contributed by atoms with Crippen LogP contribution in [0.25, 0.3) is 5.57 Å². The summed E-state index contributed by atoms with van der Waals surface area (Å²) < 4.78 is 0. The number of hydrogen-bond donors (Lipinski definition) is 0. The van der Waals surface area contributed by atoms with Crippen molar-refractivity contribution in [2.75, 3.05) is 0 Å². The van der Waals surface area contributed by atoms with Crippen LogP contribution < -0.4 is 0 Å². The highest BCUT2D eigenvalue weighted by molar-refractivity contribution is 5.80. The smallest absolute Gasteiger partial charge is 0.130 e. The zero-order valence-electron chi connectivity index (χ0n) is 10.1. The zero-order valence-corrected chi connectivity index (χ0v) is 10.1. The summed E-state index contributed by atoms with van der Waals surface area (Å²) in [5.74, 6) is 0. The van der Waals surface area contributed by atoms with Crippen molar-refractivity contribution < 1.29 is 4.79 Å². The standard InChI is InChI=1S/C16H18O/c17-12-16-10-5-4-8-15(16)14(9-11-16)13-6-2-1-3-7-13/h1-3,6-7,12H,4-5,8-11H2. The molecule has 1 heteroatoms. The van der Waals surface area contributed by atoms with Crippen molar-refractivity contribution in [1.82, 2.24) is 0 Å². The lowest BCUT2D eigenvalue weighted by Crippen LogP contribution is -2.25. The average Bonchev–Trinajstić information content (AvgIpc) is 2.80. The van der Waals surface area contributed by atoms with Crippen LogP contribution in [0, 0.1) is 5.41 Å². The van der Waals surface area contributed by atoms with Crippen molar-refractivity contribution in [3.63, 3.8) is 0 Å². The molecule has 1 fully saturated rings. The van der Waals surface area contributed by atoms with Gasteiger partial charge in [-0.1, -0.05) is 42.3 Å². The zero-order chi connectivity index (χ0) is 11.7. The summed E-state index contributed by atoms with van der Waals surface area (Å²) in [5.41, 5.74) is 4.14. The molecule has 1 nitrogen and oxygen atoms in total. The molecule has 0 heterocycles. The van der Waals surface area contributed by atoms with Crippen LogP contribution in [0.3, 0.4) is 0 Å². The van der Waals surface area contributed by atoms with E-state index in [-0.39, 0.29) is 5.41 Å². The van der Waals surface area contributed by atoms with E-state index in [0.717, 1.165) is 25.7 Å². The number of aldehydes is 1. The van der Waals surface area contributed by atoms with Gasteiger partial charge in [0.05, 0.1) is 0 Å². The maximum atomic E-state index is 11.5. The lowest BCUT2D eigenvalue weighted by Gasteiger charge is -2.31. The molecular formula is C16H18O. The molecule has 3 rings (SSSR count). The molecule has 17 heavy (non-hydrogen) atoms. The summed E-state index contributed by atoms with van der Waals surface area (Å²) in [5, 5.41) is 0. The molecule has 1 aromatic rings. The molecule has 2 aliphatic rings. The van der Waals surface area contributed by atoms with Crippen LogP contribution in [0.5, 0.6) is 0 Å². The van der Waals surface area contributed by atoms with Gasteiger partial charge in [-0.05, 0) is 43.2 Å². The molecular weight excluding hydrogens is 208 g/mol. The van der Waals surface area contributed by atoms with Crippen molar-refractivity contribution >= 4 is 11.9 Å². The van der Waals surface area contributed by atoms with Crippen molar-refractivity contribution in [2.45, 2.75) is 38.5 Å². The summed E-state index contributed by atoms with van der Waals surface area (Å²) in [6.07, 6.45) is 8.02. The Labute approximate surface area is 103 Å². The lowest BCUT2D eigenvalue weighted by molar-refractivity contribution is -0.115. The highest BCUT2D eigenvalue weighted by atomic mass is 16.1. The van der Waals surface area contributed by atoms with Gasteiger partial charge in [0.2, 0.25) is 0 Å². The molecule has 0 radical (unpaired) electrons. The van der Waals surface area contributed by atoms with Crippen molar-refractivity contribution in [1.29, 1.82) is 0 Å². The van der Waals surface area contributed by atoms with Gasteiger partial charge in [0.25, 0.3) is 0 Å². The molecule has 0 N–H and O–H groups in total. The Morgan fingerprint density at radius 3 is 2.59 bits per heavy atom. The number of carbonyl (C=O) groups excluding carboxylic acids is 1. The normalized spacial score (nSPS) is 28.0. The van der Waals surface area contributed by atoms with Crippen LogP contribution in [-0.2, 0) is 4.79 Å². The Morgan fingerprint density at radius 2 is 1.82 bits per heavy atom. The minimum Gasteiger partial charge on any atom is -0.302 e. The monoisotopic (exact) mass is 226 g/mol. The maximum absolute atomic E-state index is 11.5.